The number of rotatable bonds is 31. The summed E-state index contributed by atoms with van der Waals surface area (Å²) < 4.78 is 6.11. The van der Waals surface area contributed by atoms with Gasteiger partial charge in [-0.2, -0.15) is 0 Å². The van der Waals surface area contributed by atoms with Gasteiger partial charge in [0.25, 0.3) is 0 Å². The summed E-state index contributed by atoms with van der Waals surface area (Å²) in [5.41, 5.74) is 0. The molecule has 0 rings (SSSR count). The molecular weight excluding hydrogens is 498 g/mol. The number of hydrogen-bond acceptors (Lipinski definition) is 2. The van der Waals surface area contributed by atoms with Gasteiger partial charge >= 0.3 is 0 Å². The molecule has 3 atom stereocenters. The minimum Gasteiger partial charge on any atom is -0.501 e. The molecule has 2 nitrogen and oxygen atoms in total. The monoisotopic (exact) mass is 574 g/mol. The van der Waals surface area contributed by atoms with Gasteiger partial charge in [0.2, 0.25) is 0 Å². The van der Waals surface area contributed by atoms with E-state index in [2.05, 4.69) is 77.1 Å². The fourth-order valence-corrected chi connectivity index (χ4v) is 5.51. The molecule has 0 bridgehead atoms. The molecule has 0 saturated carbocycles. The summed E-state index contributed by atoms with van der Waals surface area (Å²) in [5.74, 6) is 1.28. The van der Waals surface area contributed by atoms with Gasteiger partial charge in [0.1, 0.15) is 0 Å². The van der Waals surface area contributed by atoms with Crippen LogP contribution in [0.15, 0.2) is 36.6 Å². The topological polar surface area (TPSA) is 12.5 Å². The Hall–Kier alpha value is -1.02. The Morgan fingerprint density at radius 1 is 0.585 bits per heavy atom. The lowest BCUT2D eigenvalue weighted by atomic mass is 9.94. The van der Waals surface area contributed by atoms with Crippen molar-refractivity contribution in [2.75, 3.05) is 20.7 Å². The first-order valence-corrected chi connectivity index (χ1v) is 18.3. The van der Waals surface area contributed by atoms with Crippen LogP contribution < -0.4 is 0 Å². The number of allylic oxidation sites excluding steroid dienone is 5. The van der Waals surface area contributed by atoms with Crippen molar-refractivity contribution < 1.29 is 4.74 Å². The molecule has 0 amide bonds. The highest BCUT2D eigenvalue weighted by Gasteiger charge is 2.10. The first-order chi connectivity index (χ1) is 20.0. The summed E-state index contributed by atoms with van der Waals surface area (Å²) in [4.78, 5) is 2.30. The molecule has 0 aliphatic carbocycles. The second-order valence-corrected chi connectivity index (χ2v) is 13.2. The smallest absolute Gasteiger partial charge is 0.0901 e. The van der Waals surface area contributed by atoms with Crippen molar-refractivity contribution in [1.82, 2.24) is 4.90 Å². The Kier molecular flexibility index (Phi) is 31.1. The predicted molar refractivity (Wildman–Crippen MR) is 187 cm³/mol. The van der Waals surface area contributed by atoms with E-state index in [1.54, 1.807) is 0 Å². The van der Waals surface area contributed by atoms with Gasteiger partial charge in [-0.25, -0.2) is 0 Å². The second-order valence-electron chi connectivity index (χ2n) is 13.2. The SMILES string of the molecule is CCCCC/C=C\C/C=C\CCCCCCCCC(CCCCCCCCCC)CO/C=C/C(C)CC(C)N(C)C. The van der Waals surface area contributed by atoms with Gasteiger partial charge < -0.3 is 9.64 Å². The number of ether oxygens (including phenoxy) is 1. The highest BCUT2D eigenvalue weighted by molar-refractivity contribution is 4.92. The van der Waals surface area contributed by atoms with Gasteiger partial charge in [0.15, 0.2) is 0 Å². The van der Waals surface area contributed by atoms with Crippen LogP contribution in [0, 0.1) is 11.8 Å². The summed E-state index contributed by atoms with van der Waals surface area (Å²) in [6.07, 6.45) is 44.8. The Labute approximate surface area is 259 Å². The Bertz CT molecular complexity index is 592. The van der Waals surface area contributed by atoms with E-state index in [-0.39, 0.29) is 0 Å². The molecule has 0 spiro atoms. The maximum Gasteiger partial charge on any atom is 0.0901 e. The van der Waals surface area contributed by atoms with Crippen LogP contribution in [0.25, 0.3) is 0 Å². The zero-order valence-electron chi connectivity index (χ0n) is 29.0. The van der Waals surface area contributed by atoms with E-state index in [0.29, 0.717) is 12.0 Å². The fourth-order valence-electron chi connectivity index (χ4n) is 5.51. The first kappa shape index (κ1) is 40.0. The fraction of sp³-hybridized carbons (Fsp3) is 0.846. The molecule has 0 saturated heterocycles. The van der Waals surface area contributed by atoms with Crippen molar-refractivity contribution in [3.8, 4) is 0 Å². The quantitative estimate of drug-likeness (QED) is 0.0464. The lowest BCUT2D eigenvalue weighted by Crippen LogP contribution is -2.26. The van der Waals surface area contributed by atoms with Gasteiger partial charge in [0.05, 0.1) is 12.9 Å². The summed E-state index contributed by atoms with van der Waals surface area (Å²) in [5, 5.41) is 0. The standard InChI is InChI=1S/C39H75NO/c1-7-9-11-13-15-17-18-19-20-21-22-23-24-26-28-30-32-39(31-29-27-25-16-14-12-10-8-2)36-41-34-33-37(3)35-38(4)40(5)6/h15,17,19-20,33-34,37-39H,7-14,16,18,21-32,35-36H2,1-6H3/b17-15-,20-19-,34-33+. The number of unbranched alkanes of at least 4 members (excludes halogenated alkanes) is 16. The van der Waals surface area contributed by atoms with E-state index >= 15 is 0 Å². The van der Waals surface area contributed by atoms with Crippen LogP contribution in [-0.4, -0.2) is 31.6 Å². The summed E-state index contributed by atoms with van der Waals surface area (Å²) in [6.45, 7) is 10.1. The Morgan fingerprint density at radius 3 is 1.59 bits per heavy atom. The van der Waals surface area contributed by atoms with E-state index in [0.717, 1.165) is 18.9 Å². The third-order valence-electron chi connectivity index (χ3n) is 8.71. The van der Waals surface area contributed by atoms with E-state index in [1.165, 1.54) is 141 Å². The molecule has 0 aliphatic heterocycles. The van der Waals surface area contributed by atoms with Gasteiger partial charge in [-0.1, -0.05) is 141 Å². The minimum atomic E-state index is 0.561. The second kappa shape index (κ2) is 31.9. The largest absolute Gasteiger partial charge is 0.501 e. The lowest BCUT2D eigenvalue weighted by Gasteiger charge is -2.21. The van der Waals surface area contributed by atoms with Crippen LogP contribution >= 0.6 is 0 Å². The van der Waals surface area contributed by atoms with Crippen LogP contribution in [-0.2, 0) is 4.74 Å². The molecular formula is C39H75NO. The first-order valence-electron chi connectivity index (χ1n) is 18.3. The molecule has 0 fully saturated rings. The molecule has 0 aromatic rings. The zero-order valence-corrected chi connectivity index (χ0v) is 29.0. The number of nitrogens with zero attached hydrogens (tertiary/aromatic N) is 1. The molecule has 2 heteroatoms. The lowest BCUT2D eigenvalue weighted by molar-refractivity contribution is 0.175. The van der Waals surface area contributed by atoms with Gasteiger partial charge in [-0.05, 0) is 90.3 Å². The summed E-state index contributed by atoms with van der Waals surface area (Å²) >= 11 is 0. The van der Waals surface area contributed by atoms with Crippen molar-refractivity contribution in [2.24, 2.45) is 11.8 Å². The molecule has 0 aliphatic rings. The minimum absolute atomic E-state index is 0.561. The van der Waals surface area contributed by atoms with Crippen molar-refractivity contribution in [3.63, 3.8) is 0 Å². The van der Waals surface area contributed by atoms with Crippen molar-refractivity contribution in [3.05, 3.63) is 36.6 Å². The maximum atomic E-state index is 6.11. The third-order valence-corrected chi connectivity index (χ3v) is 8.71. The predicted octanol–water partition coefficient (Wildman–Crippen LogP) is 12.8. The molecule has 242 valence electrons. The molecule has 0 heterocycles. The third kappa shape index (κ3) is 30.2. The van der Waals surface area contributed by atoms with Crippen molar-refractivity contribution in [1.29, 1.82) is 0 Å². The molecule has 0 aromatic heterocycles. The molecule has 0 N–H and O–H groups in total. The average Bonchev–Trinajstić information content (AvgIpc) is 2.95. The number of hydrogen-bond donors (Lipinski definition) is 0. The van der Waals surface area contributed by atoms with E-state index in [9.17, 15) is 0 Å². The van der Waals surface area contributed by atoms with Gasteiger partial charge in [-0.15, -0.1) is 0 Å². The average molecular weight is 574 g/mol. The molecule has 0 radical (unpaired) electrons. The molecule has 0 aromatic carbocycles. The van der Waals surface area contributed by atoms with Crippen LogP contribution in [0.3, 0.4) is 0 Å². The molecule has 41 heavy (non-hydrogen) atoms. The van der Waals surface area contributed by atoms with Crippen LogP contribution in [0.4, 0.5) is 0 Å². The van der Waals surface area contributed by atoms with E-state index < -0.39 is 0 Å². The van der Waals surface area contributed by atoms with Gasteiger partial charge in [-0.3, -0.25) is 0 Å². The van der Waals surface area contributed by atoms with Crippen molar-refractivity contribution >= 4 is 0 Å². The summed E-state index contributed by atoms with van der Waals surface area (Å²) in [6, 6.07) is 0.605. The Balaban J connectivity index is 4.10. The van der Waals surface area contributed by atoms with Crippen LogP contribution in [0.2, 0.25) is 0 Å². The Morgan fingerprint density at radius 2 is 1.05 bits per heavy atom. The summed E-state index contributed by atoms with van der Waals surface area (Å²) in [7, 11) is 4.34. The normalized spacial score (nSPS) is 14.6. The van der Waals surface area contributed by atoms with Crippen molar-refractivity contribution in [2.45, 2.75) is 181 Å². The van der Waals surface area contributed by atoms with Crippen LogP contribution in [0.5, 0.6) is 0 Å². The van der Waals surface area contributed by atoms with Crippen LogP contribution in [0.1, 0.15) is 175 Å². The van der Waals surface area contributed by atoms with Gasteiger partial charge in [0, 0.05) is 6.04 Å². The highest BCUT2D eigenvalue weighted by Crippen LogP contribution is 2.21. The maximum absolute atomic E-state index is 6.11. The molecule has 3 unspecified atom stereocenters. The zero-order chi connectivity index (χ0) is 30.2. The van der Waals surface area contributed by atoms with E-state index in [4.69, 9.17) is 4.74 Å². The van der Waals surface area contributed by atoms with E-state index in [1.807, 2.05) is 6.26 Å². The highest BCUT2D eigenvalue weighted by atomic mass is 16.5.